The fourth-order valence-electron chi connectivity index (χ4n) is 2.44. The third-order valence-electron chi connectivity index (χ3n) is 3.83. The van der Waals surface area contributed by atoms with Crippen LogP contribution in [0.4, 0.5) is 5.69 Å². The number of nitrogens with one attached hydrogen (secondary N) is 2. The van der Waals surface area contributed by atoms with Crippen LogP contribution in [0.5, 0.6) is 11.5 Å². The smallest absolute Gasteiger partial charge is 0.195 e. The molecule has 0 amide bonds. The van der Waals surface area contributed by atoms with Crippen molar-refractivity contribution in [2.75, 3.05) is 47.2 Å². The first-order chi connectivity index (χ1) is 12.1. The molecular formula is C18H26N4O3. The SMILES string of the molecule is CN=C(NCC(c1ccco1)N(C)C)Nc1ccc(OC)c(OC)c1. The lowest BCUT2D eigenvalue weighted by molar-refractivity contribution is 0.258. The molecular weight excluding hydrogens is 320 g/mol. The van der Waals surface area contributed by atoms with Gasteiger partial charge in [-0.1, -0.05) is 0 Å². The highest BCUT2D eigenvalue weighted by molar-refractivity contribution is 5.93. The van der Waals surface area contributed by atoms with Crippen LogP contribution in [0, 0.1) is 0 Å². The van der Waals surface area contributed by atoms with Gasteiger partial charge in [0.2, 0.25) is 0 Å². The second-order valence-corrected chi connectivity index (χ2v) is 5.64. The lowest BCUT2D eigenvalue weighted by atomic mass is 10.2. The Balaban J connectivity index is 2.03. The molecule has 2 aromatic rings. The number of hydrogen-bond donors (Lipinski definition) is 2. The fourth-order valence-corrected chi connectivity index (χ4v) is 2.44. The minimum absolute atomic E-state index is 0.0963. The van der Waals surface area contributed by atoms with Gasteiger partial charge in [-0.15, -0.1) is 0 Å². The van der Waals surface area contributed by atoms with Crippen LogP contribution in [0.25, 0.3) is 0 Å². The van der Waals surface area contributed by atoms with Gasteiger partial charge in [-0.2, -0.15) is 0 Å². The molecule has 7 nitrogen and oxygen atoms in total. The van der Waals surface area contributed by atoms with Crippen molar-refractivity contribution in [2.45, 2.75) is 6.04 Å². The van der Waals surface area contributed by atoms with E-state index in [4.69, 9.17) is 13.9 Å². The molecule has 1 unspecified atom stereocenters. The second kappa shape index (κ2) is 8.98. The number of guanidine groups is 1. The van der Waals surface area contributed by atoms with Crippen molar-refractivity contribution in [1.82, 2.24) is 10.2 Å². The largest absolute Gasteiger partial charge is 0.493 e. The third kappa shape index (κ3) is 4.90. The van der Waals surface area contributed by atoms with Gasteiger partial charge in [-0.3, -0.25) is 9.89 Å². The highest BCUT2D eigenvalue weighted by Crippen LogP contribution is 2.29. The van der Waals surface area contributed by atoms with Crippen LogP contribution in [0.15, 0.2) is 46.0 Å². The molecule has 1 heterocycles. The first-order valence-electron chi connectivity index (χ1n) is 7.98. The van der Waals surface area contributed by atoms with Gasteiger partial charge in [0, 0.05) is 25.3 Å². The van der Waals surface area contributed by atoms with E-state index in [1.807, 2.05) is 44.4 Å². The maximum absolute atomic E-state index is 5.52. The zero-order chi connectivity index (χ0) is 18.2. The minimum Gasteiger partial charge on any atom is -0.493 e. The standard InChI is InChI=1S/C18H26N4O3/c1-19-18(20-12-14(22(2)3)15-7-6-10-25-15)21-13-8-9-16(23-4)17(11-13)24-5/h6-11,14H,12H2,1-5H3,(H2,19,20,21). The van der Waals surface area contributed by atoms with Gasteiger partial charge in [0.05, 0.1) is 26.5 Å². The van der Waals surface area contributed by atoms with Crippen LogP contribution in [0.1, 0.15) is 11.8 Å². The number of furan rings is 1. The molecule has 1 aromatic heterocycles. The Labute approximate surface area is 148 Å². The molecule has 0 aliphatic carbocycles. The summed E-state index contributed by atoms with van der Waals surface area (Å²) in [6, 6.07) is 9.57. The van der Waals surface area contributed by atoms with E-state index in [9.17, 15) is 0 Å². The van der Waals surface area contributed by atoms with Crippen LogP contribution in [0.2, 0.25) is 0 Å². The molecule has 0 aliphatic rings. The number of likely N-dealkylation sites (N-methyl/N-ethyl adjacent to an activating group) is 1. The predicted molar refractivity (Wildman–Crippen MR) is 99.7 cm³/mol. The molecule has 0 bridgehead atoms. The Hall–Kier alpha value is -2.67. The van der Waals surface area contributed by atoms with E-state index in [2.05, 4.69) is 20.5 Å². The van der Waals surface area contributed by atoms with Crippen LogP contribution >= 0.6 is 0 Å². The molecule has 0 saturated heterocycles. The highest BCUT2D eigenvalue weighted by Gasteiger charge is 2.17. The summed E-state index contributed by atoms with van der Waals surface area (Å²) in [4.78, 5) is 6.36. The van der Waals surface area contributed by atoms with Crippen LogP contribution in [-0.4, -0.2) is 52.8 Å². The molecule has 25 heavy (non-hydrogen) atoms. The summed E-state index contributed by atoms with van der Waals surface area (Å²) in [5.74, 6) is 2.90. The highest BCUT2D eigenvalue weighted by atomic mass is 16.5. The normalized spacial score (nSPS) is 12.8. The molecule has 1 aromatic carbocycles. The van der Waals surface area contributed by atoms with E-state index in [1.54, 1.807) is 27.5 Å². The van der Waals surface area contributed by atoms with E-state index in [1.165, 1.54) is 0 Å². The Morgan fingerprint density at radius 1 is 1.20 bits per heavy atom. The molecule has 1 atom stereocenters. The molecule has 0 spiro atoms. The lowest BCUT2D eigenvalue weighted by Crippen LogP contribution is -2.37. The first kappa shape index (κ1) is 18.7. The van der Waals surface area contributed by atoms with Gasteiger partial charge in [-0.05, 0) is 38.4 Å². The van der Waals surface area contributed by atoms with Crippen molar-refractivity contribution in [1.29, 1.82) is 0 Å². The number of nitrogens with zero attached hydrogens (tertiary/aromatic N) is 2. The second-order valence-electron chi connectivity index (χ2n) is 5.64. The fraction of sp³-hybridized carbons (Fsp3) is 0.389. The summed E-state index contributed by atoms with van der Waals surface area (Å²) in [6.07, 6.45) is 1.68. The summed E-state index contributed by atoms with van der Waals surface area (Å²) in [7, 11) is 8.98. The van der Waals surface area contributed by atoms with Gasteiger partial charge < -0.3 is 24.5 Å². The van der Waals surface area contributed by atoms with Crippen molar-refractivity contribution in [3.05, 3.63) is 42.4 Å². The molecule has 136 valence electrons. The Morgan fingerprint density at radius 3 is 2.52 bits per heavy atom. The monoisotopic (exact) mass is 346 g/mol. The van der Waals surface area contributed by atoms with E-state index in [0.717, 1.165) is 11.4 Å². The van der Waals surface area contributed by atoms with E-state index >= 15 is 0 Å². The van der Waals surface area contributed by atoms with Crippen molar-refractivity contribution >= 4 is 11.6 Å². The van der Waals surface area contributed by atoms with Crippen LogP contribution in [-0.2, 0) is 0 Å². The predicted octanol–water partition coefficient (Wildman–Crippen LogP) is 2.59. The van der Waals surface area contributed by atoms with Gasteiger partial charge in [0.25, 0.3) is 0 Å². The van der Waals surface area contributed by atoms with Gasteiger partial charge >= 0.3 is 0 Å². The van der Waals surface area contributed by atoms with Crippen molar-refractivity contribution < 1.29 is 13.9 Å². The molecule has 7 heteroatoms. The third-order valence-corrected chi connectivity index (χ3v) is 3.83. The minimum atomic E-state index is 0.0963. The topological polar surface area (TPSA) is 71.3 Å². The Bertz CT molecular complexity index is 684. The quantitative estimate of drug-likeness (QED) is 0.593. The van der Waals surface area contributed by atoms with Gasteiger partial charge in [0.1, 0.15) is 5.76 Å². The lowest BCUT2D eigenvalue weighted by Gasteiger charge is -2.23. The number of aliphatic imine (C=N–C) groups is 1. The number of ether oxygens (including phenoxy) is 2. The number of benzene rings is 1. The number of rotatable bonds is 7. The van der Waals surface area contributed by atoms with Gasteiger partial charge in [0.15, 0.2) is 17.5 Å². The summed E-state index contributed by atoms with van der Waals surface area (Å²) >= 11 is 0. The zero-order valence-corrected chi connectivity index (χ0v) is 15.4. The average Bonchev–Trinajstić information content (AvgIpc) is 3.14. The zero-order valence-electron chi connectivity index (χ0n) is 15.4. The van der Waals surface area contributed by atoms with E-state index < -0.39 is 0 Å². The Morgan fingerprint density at radius 2 is 1.96 bits per heavy atom. The summed E-state index contributed by atoms with van der Waals surface area (Å²) in [6.45, 7) is 0.646. The van der Waals surface area contributed by atoms with Crippen molar-refractivity contribution in [3.63, 3.8) is 0 Å². The number of anilines is 1. The first-order valence-corrected chi connectivity index (χ1v) is 7.98. The molecule has 0 saturated carbocycles. The van der Waals surface area contributed by atoms with Crippen LogP contribution in [0.3, 0.4) is 0 Å². The van der Waals surface area contributed by atoms with Crippen molar-refractivity contribution in [3.8, 4) is 11.5 Å². The summed E-state index contributed by atoms with van der Waals surface area (Å²) in [5, 5.41) is 6.57. The average molecular weight is 346 g/mol. The summed E-state index contributed by atoms with van der Waals surface area (Å²) in [5.41, 5.74) is 0.852. The van der Waals surface area contributed by atoms with Crippen LogP contribution < -0.4 is 20.1 Å². The molecule has 0 fully saturated rings. The summed E-state index contributed by atoms with van der Waals surface area (Å²) < 4.78 is 16.1. The Kier molecular flexibility index (Phi) is 6.71. The molecule has 0 aliphatic heterocycles. The van der Waals surface area contributed by atoms with E-state index in [0.29, 0.717) is 24.0 Å². The molecule has 2 N–H and O–H groups in total. The maximum Gasteiger partial charge on any atom is 0.195 e. The van der Waals surface area contributed by atoms with Crippen molar-refractivity contribution in [2.24, 2.45) is 4.99 Å². The number of methoxy groups -OCH3 is 2. The maximum atomic E-state index is 5.52. The van der Waals surface area contributed by atoms with Gasteiger partial charge in [-0.25, -0.2) is 0 Å². The molecule has 0 radical (unpaired) electrons. The van der Waals surface area contributed by atoms with E-state index in [-0.39, 0.29) is 6.04 Å². The number of hydrogen-bond acceptors (Lipinski definition) is 5. The molecule has 2 rings (SSSR count).